The molecule has 2 heterocycles. The maximum Gasteiger partial charge on any atom is 0.346 e. The van der Waals surface area contributed by atoms with Crippen molar-refractivity contribution in [3.05, 3.63) is 53.1 Å². The number of anilines is 2. The molecule has 1 fully saturated rings. The van der Waals surface area contributed by atoms with Gasteiger partial charge in [0.15, 0.2) is 5.76 Å². The highest BCUT2D eigenvalue weighted by Gasteiger charge is 2.20. The van der Waals surface area contributed by atoms with Gasteiger partial charge in [0.2, 0.25) is 0 Å². The van der Waals surface area contributed by atoms with Gasteiger partial charge in [0.25, 0.3) is 5.91 Å². The van der Waals surface area contributed by atoms with Crippen molar-refractivity contribution in [2.24, 2.45) is 5.92 Å². The Morgan fingerprint density at radius 1 is 1.36 bits per heavy atom. The van der Waals surface area contributed by atoms with Crippen LogP contribution in [-0.4, -0.2) is 24.1 Å². The molecule has 3 rings (SSSR count). The van der Waals surface area contributed by atoms with Crippen LogP contribution >= 0.6 is 0 Å². The Morgan fingerprint density at radius 3 is 2.76 bits per heavy atom. The lowest BCUT2D eigenvalue weighted by Gasteiger charge is -2.33. The molecule has 1 aliphatic heterocycles. The van der Waals surface area contributed by atoms with Gasteiger partial charge in [-0.15, -0.1) is 0 Å². The van der Waals surface area contributed by atoms with Gasteiger partial charge in [-0.2, -0.15) is 4.85 Å². The number of rotatable bonds is 4. The van der Waals surface area contributed by atoms with E-state index in [1.54, 1.807) is 6.07 Å². The van der Waals surface area contributed by atoms with Crippen LogP contribution in [0.4, 0.5) is 17.3 Å². The molecule has 6 heteroatoms. The second-order valence-electron chi connectivity index (χ2n) is 6.38. The van der Waals surface area contributed by atoms with Crippen LogP contribution in [0.1, 0.15) is 35.9 Å². The topological polar surface area (TPSA) is 70.1 Å². The van der Waals surface area contributed by atoms with E-state index in [0.717, 1.165) is 37.2 Å². The van der Waals surface area contributed by atoms with Crippen LogP contribution in [0.15, 0.2) is 34.7 Å². The number of aliphatic hydroxyl groups is 1. The molecule has 1 aromatic carbocycles. The number of piperidine rings is 1. The molecule has 0 atom stereocenters. The third-order valence-electron chi connectivity index (χ3n) is 4.54. The molecule has 6 nitrogen and oxygen atoms in total. The van der Waals surface area contributed by atoms with Crippen molar-refractivity contribution in [2.45, 2.75) is 26.4 Å². The lowest BCUT2D eigenvalue weighted by Crippen LogP contribution is -2.33. The zero-order chi connectivity index (χ0) is 17.8. The highest BCUT2D eigenvalue weighted by Crippen LogP contribution is 2.31. The summed E-state index contributed by atoms with van der Waals surface area (Å²) in [6.07, 6.45) is 2.23. The van der Waals surface area contributed by atoms with E-state index < -0.39 is 5.91 Å². The average molecular weight is 339 g/mol. The van der Waals surface area contributed by atoms with Crippen molar-refractivity contribution < 1.29 is 14.3 Å². The van der Waals surface area contributed by atoms with E-state index >= 15 is 0 Å². The molecule has 0 unspecified atom stereocenters. The third-order valence-corrected chi connectivity index (χ3v) is 4.54. The predicted molar refractivity (Wildman–Crippen MR) is 95.9 cm³/mol. The van der Waals surface area contributed by atoms with Gasteiger partial charge < -0.3 is 19.7 Å². The number of benzene rings is 1. The molecule has 1 aromatic heterocycles. The molecule has 0 radical (unpaired) electrons. The third kappa shape index (κ3) is 3.83. The van der Waals surface area contributed by atoms with Crippen molar-refractivity contribution >= 4 is 23.2 Å². The number of hydrogen-bond acceptors (Lipinski definition) is 4. The Morgan fingerprint density at radius 2 is 2.12 bits per heavy atom. The van der Waals surface area contributed by atoms with Crippen LogP contribution in [0.5, 0.6) is 0 Å². The van der Waals surface area contributed by atoms with E-state index in [0.29, 0.717) is 11.6 Å². The molecule has 130 valence electrons. The monoisotopic (exact) mass is 339 g/mol. The zero-order valence-corrected chi connectivity index (χ0v) is 14.2. The molecule has 0 saturated carbocycles. The molecule has 1 amide bonds. The number of aliphatic hydroxyl groups excluding tert-OH is 1. The first-order chi connectivity index (χ1) is 12.1. The molecule has 0 spiro atoms. The molecule has 25 heavy (non-hydrogen) atoms. The van der Waals surface area contributed by atoms with Gasteiger partial charge in [-0.3, -0.25) is 4.79 Å². The average Bonchev–Trinajstić information content (AvgIpc) is 3.12. The van der Waals surface area contributed by atoms with Crippen LogP contribution in [-0.2, 0) is 6.61 Å². The van der Waals surface area contributed by atoms with Crippen molar-refractivity contribution in [2.75, 3.05) is 23.3 Å². The second kappa shape index (κ2) is 7.41. The Bertz CT molecular complexity index is 798. The number of nitrogens with one attached hydrogen (secondary N) is 1. The summed E-state index contributed by atoms with van der Waals surface area (Å²) in [5.74, 6) is 0.482. The van der Waals surface area contributed by atoms with Gasteiger partial charge in [0, 0.05) is 13.1 Å². The standard InChI is InChI=1S/C19H21N3O3/c1-13-7-9-22(10-8-13)16-4-3-14(12-23)11-15(16)21-19(24)17-5-6-18(20-2)25-17/h3-6,11,13,23H,7-10,12H2,1H3,(H,21,24). The van der Waals surface area contributed by atoms with Gasteiger partial charge in [0.1, 0.15) is 0 Å². The predicted octanol–water partition coefficient (Wildman–Crippen LogP) is 3.81. The Kier molecular flexibility index (Phi) is 5.05. The number of carbonyl (C=O) groups excluding carboxylic acids is 1. The van der Waals surface area contributed by atoms with Crippen LogP contribution in [0.2, 0.25) is 0 Å². The van der Waals surface area contributed by atoms with Crippen molar-refractivity contribution in [3.63, 3.8) is 0 Å². The van der Waals surface area contributed by atoms with Crippen LogP contribution < -0.4 is 10.2 Å². The first kappa shape index (κ1) is 17.1. The summed E-state index contributed by atoms with van der Waals surface area (Å²) in [4.78, 5) is 17.9. The van der Waals surface area contributed by atoms with Crippen molar-refractivity contribution in [3.8, 4) is 0 Å². The van der Waals surface area contributed by atoms with Gasteiger partial charge in [-0.05, 0) is 48.6 Å². The molecule has 1 aliphatic rings. The quantitative estimate of drug-likeness (QED) is 0.831. The summed E-state index contributed by atoms with van der Waals surface area (Å²) in [7, 11) is 0. The maximum atomic E-state index is 12.4. The minimum atomic E-state index is -0.406. The van der Waals surface area contributed by atoms with Gasteiger partial charge in [-0.25, -0.2) is 0 Å². The SMILES string of the molecule is [C-]#[N+]c1ccc(C(=O)Nc2cc(CO)ccc2N2CCC(C)CC2)o1. The number of hydrogen-bond donors (Lipinski definition) is 2. The zero-order valence-electron chi connectivity index (χ0n) is 14.2. The Labute approximate surface area is 146 Å². The Balaban J connectivity index is 1.85. The van der Waals surface area contributed by atoms with Crippen LogP contribution in [0, 0.1) is 12.5 Å². The van der Waals surface area contributed by atoms with Crippen molar-refractivity contribution in [1.82, 2.24) is 0 Å². The summed E-state index contributed by atoms with van der Waals surface area (Å²) < 4.78 is 5.19. The normalized spacial score (nSPS) is 15.0. The van der Waals surface area contributed by atoms with Gasteiger partial charge >= 0.3 is 5.88 Å². The lowest BCUT2D eigenvalue weighted by molar-refractivity contribution is 0.0998. The lowest BCUT2D eigenvalue weighted by atomic mass is 9.98. The van der Waals surface area contributed by atoms with E-state index in [9.17, 15) is 9.90 Å². The van der Waals surface area contributed by atoms with E-state index in [2.05, 4.69) is 22.0 Å². The number of nitrogens with zero attached hydrogens (tertiary/aromatic N) is 2. The van der Waals surface area contributed by atoms with Gasteiger partial charge in [-0.1, -0.05) is 13.0 Å². The first-order valence-corrected chi connectivity index (χ1v) is 8.38. The van der Waals surface area contributed by atoms with E-state index in [1.807, 2.05) is 12.1 Å². The Hall–Kier alpha value is -2.78. The van der Waals surface area contributed by atoms with E-state index in [-0.39, 0.29) is 18.3 Å². The first-order valence-electron chi connectivity index (χ1n) is 8.38. The largest absolute Gasteiger partial charge is 0.475 e. The summed E-state index contributed by atoms with van der Waals surface area (Å²) in [6.45, 7) is 10.9. The summed E-state index contributed by atoms with van der Waals surface area (Å²) in [5, 5.41) is 12.3. The summed E-state index contributed by atoms with van der Waals surface area (Å²) in [5.41, 5.74) is 2.31. The molecular weight excluding hydrogens is 318 g/mol. The maximum absolute atomic E-state index is 12.4. The van der Waals surface area contributed by atoms with Crippen LogP contribution in [0.25, 0.3) is 4.85 Å². The fourth-order valence-electron chi connectivity index (χ4n) is 3.00. The van der Waals surface area contributed by atoms with E-state index in [1.165, 1.54) is 12.1 Å². The van der Waals surface area contributed by atoms with E-state index in [4.69, 9.17) is 11.0 Å². The fraction of sp³-hybridized carbons (Fsp3) is 0.368. The summed E-state index contributed by atoms with van der Waals surface area (Å²) in [6, 6.07) is 8.54. The van der Waals surface area contributed by atoms with Crippen molar-refractivity contribution in [1.29, 1.82) is 0 Å². The number of carbonyl (C=O) groups is 1. The number of amides is 1. The smallest absolute Gasteiger partial charge is 0.346 e. The highest BCUT2D eigenvalue weighted by molar-refractivity contribution is 6.04. The molecule has 1 saturated heterocycles. The van der Waals surface area contributed by atoms with Gasteiger partial charge in [0.05, 0.1) is 24.6 Å². The molecule has 0 aliphatic carbocycles. The minimum Gasteiger partial charge on any atom is -0.475 e. The molecule has 2 N–H and O–H groups in total. The molecule has 2 aromatic rings. The van der Waals surface area contributed by atoms with Crippen LogP contribution in [0.3, 0.4) is 0 Å². The molecule has 0 bridgehead atoms. The minimum absolute atomic E-state index is 0.0829. The second-order valence-corrected chi connectivity index (χ2v) is 6.38. The molecular formula is C19H21N3O3. The number of furan rings is 1. The fourth-order valence-corrected chi connectivity index (χ4v) is 3.00. The highest BCUT2D eigenvalue weighted by atomic mass is 16.4. The summed E-state index contributed by atoms with van der Waals surface area (Å²) >= 11 is 0.